The zero-order chi connectivity index (χ0) is 28.4. The van der Waals surface area contributed by atoms with E-state index in [-0.39, 0.29) is 23.0 Å². The standard InChI is InChI=1S/C31H38N2O5S/c1-20(2)19-39(34,35)38-22-12-13-24(29(16-22)37-7)23-14-15-27-30(21(3)17-31(4,5)33-27)25(23)18-32-26-10-8-9-11-28(26)36-6/h8-17,20,32-33H,18-19H2,1-7H3. The summed E-state index contributed by atoms with van der Waals surface area (Å²) in [6.07, 6.45) is 2.24. The molecule has 1 aliphatic heterocycles. The number of para-hydroxylation sites is 2. The highest BCUT2D eigenvalue weighted by molar-refractivity contribution is 7.87. The molecule has 8 heteroatoms. The Morgan fingerprint density at radius 1 is 0.949 bits per heavy atom. The fourth-order valence-corrected chi connectivity index (χ4v) is 6.43. The van der Waals surface area contributed by atoms with E-state index >= 15 is 0 Å². The van der Waals surface area contributed by atoms with Crippen molar-refractivity contribution < 1.29 is 22.1 Å². The van der Waals surface area contributed by atoms with Crippen LogP contribution < -0.4 is 24.3 Å². The number of anilines is 2. The van der Waals surface area contributed by atoms with E-state index in [1.54, 1.807) is 26.4 Å². The molecule has 0 saturated heterocycles. The molecule has 0 atom stereocenters. The number of methoxy groups -OCH3 is 2. The minimum absolute atomic E-state index is 0.0418. The third-order valence-corrected chi connectivity index (χ3v) is 8.05. The van der Waals surface area contributed by atoms with E-state index in [1.807, 2.05) is 44.2 Å². The van der Waals surface area contributed by atoms with Crippen LogP contribution in [-0.4, -0.2) is 33.9 Å². The van der Waals surface area contributed by atoms with Gasteiger partial charge in [0.15, 0.2) is 0 Å². The number of hydrogen-bond acceptors (Lipinski definition) is 7. The van der Waals surface area contributed by atoms with Gasteiger partial charge in [0.2, 0.25) is 0 Å². The van der Waals surface area contributed by atoms with Gasteiger partial charge in [-0.3, -0.25) is 0 Å². The third-order valence-electron chi connectivity index (χ3n) is 6.53. The van der Waals surface area contributed by atoms with E-state index < -0.39 is 10.1 Å². The largest absolute Gasteiger partial charge is 0.496 e. The van der Waals surface area contributed by atoms with Crippen LogP contribution in [-0.2, 0) is 16.7 Å². The molecule has 0 spiro atoms. The van der Waals surface area contributed by atoms with Crippen LogP contribution in [0, 0.1) is 5.92 Å². The summed E-state index contributed by atoms with van der Waals surface area (Å²) in [5.41, 5.74) is 6.95. The average molecular weight is 551 g/mol. The van der Waals surface area contributed by atoms with Crippen molar-refractivity contribution in [2.24, 2.45) is 5.92 Å². The maximum Gasteiger partial charge on any atom is 0.309 e. The zero-order valence-corrected chi connectivity index (χ0v) is 24.5. The number of nitrogens with one attached hydrogen (secondary N) is 2. The van der Waals surface area contributed by atoms with Gasteiger partial charge in [0, 0.05) is 29.4 Å². The van der Waals surface area contributed by atoms with Crippen LogP contribution in [0.25, 0.3) is 16.7 Å². The highest BCUT2D eigenvalue weighted by Gasteiger charge is 2.27. The number of fused-ring (bicyclic) bond motifs is 1. The van der Waals surface area contributed by atoms with Crippen LogP contribution in [0.2, 0.25) is 0 Å². The average Bonchev–Trinajstić information content (AvgIpc) is 2.85. The summed E-state index contributed by atoms with van der Waals surface area (Å²) in [6.45, 7) is 10.6. The molecule has 208 valence electrons. The highest BCUT2D eigenvalue weighted by Crippen LogP contribution is 2.43. The topological polar surface area (TPSA) is 85.9 Å². The fraction of sp³-hybridized carbons (Fsp3) is 0.355. The van der Waals surface area contributed by atoms with Gasteiger partial charge in [0.1, 0.15) is 17.2 Å². The maximum atomic E-state index is 12.4. The number of hydrogen-bond donors (Lipinski definition) is 2. The molecular weight excluding hydrogens is 512 g/mol. The van der Waals surface area contributed by atoms with Crippen molar-refractivity contribution in [3.63, 3.8) is 0 Å². The van der Waals surface area contributed by atoms with Gasteiger partial charge in [0.05, 0.1) is 31.2 Å². The molecule has 0 unspecified atom stereocenters. The minimum Gasteiger partial charge on any atom is -0.496 e. The van der Waals surface area contributed by atoms with Crippen molar-refractivity contribution >= 4 is 27.1 Å². The van der Waals surface area contributed by atoms with Crippen molar-refractivity contribution in [1.82, 2.24) is 0 Å². The van der Waals surface area contributed by atoms with E-state index in [9.17, 15) is 8.42 Å². The van der Waals surface area contributed by atoms with Gasteiger partial charge in [0.25, 0.3) is 0 Å². The quantitative estimate of drug-likeness (QED) is 0.264. The normalized spacial score (nSPS) is 14.2. The number of rotatable bonds is 10. The molecule has 0 bridgehead atoms. The third kappa shape index (κ3) is 6.50. The van der Waals surface area contributed by atoms with Gasteiger partial charge in [-0.05, 0) is 73.7 Å². The molecule has 0 amide bonds. The van der Waals surface area contributed by atoms with Gasteiger partial charge < -0.3 is 24.3 Å². The summed E-state index contributed by atoms with van der Waals surface area (Å²) < 4.78 is 41.6. The Kier molecular flexibility index (Phi) is 8.16. The Labute approximate surface area is 232 Å². The van der Waals surface area contributed by atoms with Gasteiger partial charge in [-0.15, -0.1) is 0 Å². The molecule has 0 aromatic heterocycles. The first-order valence-electron chi connectivity index (χ1n) is 13.0. The Balaban J connectivity index is 1.81. The van der Waals surface area contributed by atoms with Crippen LogP contribution in [0.15, 0.2) is 60.7 Å². The molecule has 0 fully saturated rings. The number of allylic oxidation sites excluding steroid dienone is 1. The molecule has 3 aromatic rings. The van der Waals surface area contributed by atoms with Gasteiger partial charge in [-0.25, -0.2) is 0 Å². The van der Waals surface area contributed by atoms with Crippen LogP contribution in [0.4, 0.5) is 11.4 Å². The summed E-state index contributed by atoms with van der Waals surface area (Å²) in [5.74, 6) is 1.41. The predicted octanol–water partition coefficient (Wildman–Crippen LogP) is 6.95. The minimum atomic E-state index is -3.71. The molecule has 3 aromatic carbocycles. The fourth-order valence-electron chi connectivity index (χ4n) is 5.14. The lowest BCUT2D eigenvalue weighted by molar-refractivity contribution is 0.413. The molecule has 0 saturated carbocycles. The lowest BCUT2D eigenvalue weighted by Gasteiger charge is -2.33. The van der Waals surface area contributed by atoms with E-state index in [2.05, 4.69) is 49.6 Å². The first-order valence-corrected chi connectivity index (χ1v) is 14.6. The smallest absolute Gasteiger partial charge is 0.309 e. The van der Waals surface area contributed by atoms with Crippen LogP contribution in [0.1, 0.15) is 45.7 Å². The van der Waals surface area contributed by atoms with E-state index in [0.717, 1.165) is 39.4 Å². The molecule has 7 nitrogen and oxygen atoms in total. The van der Waals surface area contributed by atoms with Crippen molar-refractivity contribution in [2.75, 3.05) is 30.6 Å². The summed E-state index contributed by atoms with van der Waals surface area (Å²) >= 11 is 0. The molecule has 0 aliphatic carbocycles. The van der Waals surface area contributed by atoms with Gasteiger partial charge in [-0.2, -0.15) is 8.42 Å². The Bertz CT molecular complexity index is 1490. The van der Waals surface area contributed by atoms with Crippen molar-refractivity contribution in [3.05, 3.63) is 71.8 Å². The summed E-state index contributed by atoms with van der Waals surface area (Å²) in [4.78, 5) is 0. The van der Waals surface area contributed by atoms with E-state index in [4.69, 9.17) is 13.7 Å². The van der Waals surface area contributed by atoms with E-state index in [1.165, 1.54) is 5.57 Å². The molecule has 39 heavy (non-hydrogen) atoms. The Hall–Kier alpha value is -3.65. The van der Waals surface area contributed by atoms with Crippen LogP contribution >= 0.6 is 0 Å². The van der Waals surface area contributed by atoms with Crippen LogP contribution in [0.5, 0.6) is 17.2 Å². The predicted molar refractivity (Wildman–Crippen MR) is 159 cm³/mol. The lowest BCUT2D eigenvalue weighted by atomic mass is 9.85. The molecule has 2 N–H and O–H groups in total. The summed E-state index contributed by atoms with van der Waals surface area (Å²) in [7, 11) is -0.481. The number of benzene rings is 3. The number of ether oxygens (including phenoxy) is 2. The Morgan fingerprint density at radius 2 is 1.64 bits per heavy atom. The van der Waals surface area contributed by atoms with Crippen LogP contribution in [0.3, 0.4) is 0 Å². The molecular formula is C31H38N2O5S. The van der Waals surface area contributed by atoms with Crippen molar-refractivity contribution in [2.45, 2.75) is 46.7 Å². The van der Waals surface area contributed by atoms with Crippen molar-refractivity contribution in [1.29, 1.82) is 0 Å². The Morgan fingerprint density at radius 3 is 2.33 bits per heavy atom. The first-order chi connectivity index (χ1) is 18.4. The second-order valence-corrected chi connectivity index (χ2v) is 12.4. The summed E-state index contributed by atoms with van der Waals surface area (Å²) in [5, 5.41) is 7.19. The second kappa shape index (κ2) is 11.2. The van der Waals surface area contributed by atoms with Gasteiger partial charge in [-0.1, -0.05) is 38.1 Å². The molecule has 1 heterocycles. The summed E-state index contributed by atoms with van der Waals surface area (Å²) in [6, 6.07) is 17.2. The zero-order valence-electron chi connectivity index (χ0n) is 23.7. The monoisotopic (exact) mass is 550 g/mol. The molecule has 1 aliphatic rings. The van der Waals surface area contributed by atoms with Gasteiger partial charge >= 0.3 is 10.1 Å². The maximum absolute atomic E-state index is 12.4. The SMILES string of the molecule is COc1ccccc1NCc1c(-c2ccc(OS(=O)(=O)CC(C)C)cc2OC)ccc2c1C(C)=CC(C)(C)N2. The lowest BCUT2D eigenvalue weighted by Crippen LogP contribution is -2.32. The highest BCUT2D eigenvalue weighted by atomic mass is 32.2. The molecule has 0 radical (unpaired) electrons. The second-order valence-electron chi connectivity index (χ2n) is 10.8. The molecule has 4 rings (SSSR count). The van der Waals surface area contributed by atoms with Crippen molar-refractivity contribution in [3.8, 4) is 28.4 Å². The van der Waals surface area contributed by atoms with E-state index in [0.29, 0.717) is 12.3 Å². The first kappa shape index (κ1) is 28.4.